The zero-order chi connectivity index (χ0) is 30.0. The Kier molecular flexibility index (Phi) is 13.8. The van der Waals surface area contributed by atoms with Crippen molar-refractivity contribution in [1.29, 1.82) is 0 Å². The van der Waals surface area contributed by atoms with Gasteiger partial charge in [0, 0.05) is 58.1 Å². The van der Waals surface area contributed by atoms with Crippen LogP contribution in [0, 0.1) is 5.41 Å². The van der Waals surface area contributed by atoms with Crippen LogP contribution >= 0.6 is 0 Å². The molecule has 235 valence electrons. The first kappa shape index (κ1) is 35.1. The van der Waals surface area contributed by atoms with E-state index in [2.05, 4.69) is 28.1 Å². The number of pyridine rings is 1. The summed E-state index contributed by atoms with van der Waals surface area (Å²) in [6, 6.07) is 24.4. The molecule has 1 radical (unpaired) electrons. The SMILES string of the molecule is C1CCC2(C1)CCC[N-]C2.Cn1ccc(-c2ccccc2)cc1=O.FCC1(NC2CC[N-]C(c3ccccc3)C2)COC1.[Y]. The topological polar surface area (TPSA) is 71.5 Å². The number of nitrogens with zero attached hydrogens (tertiary/aromatic N) is 3. The number of rotatable bonds is 5. The second kappa shape index (κ2) is 17.3. The zero-order valence-corrected chi connectivity index (χ0v) is 29.0. The molecule has 7 rings (SSSR count). The number of aryl methyl sites for hydroxylation is 1. The van der Waals surface area contributed by atoms with Crippen molar-refractivity contribution in [3.05, 3.63) is 106 Å². The molecule has 3 aliphatic heterocycles. The van der Waals surface area contributed by atoms with Crippen LogP contribution in [0.4, 0.5) is 4.39 Å². The fourth-order valence-electron chi connectivity index (χ4n) is 6.73. The minimum absolute atomic E-state index is 0. The molecule has 1 saturated carbocycles. The van der Waals surface area contributed by atoms with Crippen LogP contribution in [0.5, 0.6) is 0 Å². The van der Waals surface area contributed by atoms with Crippen molar-refractivity contribution in [3.8, 4) is 11.1 Å². The summed E-state index contributed by atoms with van der Waals surface area (Å²) < 4.78 is 19.8. The number of alkyl halides is 1. The van der Waals surface area contributed by atoms with Gasteiger partial charge in [-0.25, -0.2) is 4.39 Å². The fraction of sp³-hybridized carbons (Fsp3) is 0.528. The van der Waals surface area contributed by atoms with Gasteiger partial charge in [0.05, 0.1) is 18.8 Å². The van der Waals surface area contributed by atoms with Crippen LogP contribution < -0.4 is 10.9 Å². The van der Waals surface area contributed by atoms with Gasteiger partial charge in [0.2, 0.25) is 0 Å². The van der Waals surface area contributed by atoms with Crippen molar-refractivity contribution in [2.45, 2.75) is 69.0 Å². The van der Waals surface area contributed by atoms with Crippen molar-refractivity contribution < 1.29 is 41.8 Å². The molecule has 4 aliphatic rings. The van der Waals surface area contributed by atoms with Gasteiger partial charge < -0.3 is 25.3 Å². The largest absolute Gasteiger partial charge is 0.662 e. The van der Waals surface area contributed by atoms with E-state index in [1.807, 2.05) is 54.6 Å². The summed E-state index contributed by atoms with van der Waals surface area (Å²) in [6.07, 6.45) is 12.4. The summed E-state index contributed by atoms with van der Waals surface area (Å²) in [4.78, 5) is 11.4. The predicted molar refractivity (Wildman–Crippen MR) is 173 cm³/mol. The molecule has 1 aromatic heterocycles. The van der Waals surface area contributed by atoms with E-state index in [0.29, 0.717) is 24.7 Å². The number of piperidine rings is 2. The Morgan fingerprint density at radius 3 is 2.20 bits per heavy atom. The molecular formula is C36H47FN4O2Y-2. The summed E-state index contributed by atoms with van der Waals surface area (Å²) in [5, 5.41) is 12.7. The molecule has 4 heterocycles. The van der Waals surface area contributed by atoms with Gasteiger partial charge in [0.1, 0.15) is 6.67 Å². The molecule has 2 atom stereocenters. The van der Waals surface area contributed by atoms with E-state index >= 15 is 0 Å². The second-order valence-electron chi connectivity index (χ2n) is 12.8. The number of halogens is 1. The van der Waals surface area contributed by atoms with Crippen LogP contribution in [0.3, 0.4) is 0 Å². The van der Waals surface area contributed by atoms with Crippen molar-refractivity contribution in [3.63, 3.8) is 0 Å². The second-order valence-corrected chi connectivity index (χ2v) is 12.8. The normalized spacial score (nSPS) is 23.1. The zero-order valence-electron chi connectivity index (χ0n) is 26.2. The number of benzene rings is 2. The quantitative estimate of drug-likeness (QED) is 0.308. The molecule has 8 heteroatoms. The first-order chi connectivity index (χ1) is 21.0. The molecule has 4 fully saturated rings. The van der Waals surface area contributed by atoms with Crippen LogP contribution in [-0.4, -0.2) is 55.7 Å². The summed E-state index contributed by atoms with van der Waals surface area (Å²) in [5.74, 6) is 0. The number of aromatic nitrogens is 1. The Labute approximate surface area is 287 Å². The monoisotopic (exact) mass is 675 g/mol. The van der Waals surface area contributed by atoms with Gasteiger partial charge in [-0.05, 0) is 41.9 Å². The number of ether oxygens (including phenoxy) is 1. The van der Waals surface area contributed by atoms with Crippen LogP contribution in [0.2, 0.25) is 0 Å². The van der Waals surface area contributed by atoms with Gasteiger partial charge in [-0.3, -0.25) is 4.79 Å². The first-order valence-electron chi connectivity index (χ1n) is 16.0. The van der Waals surface area contributed by atoms with E-state index < -0.39 is 5.54 Å². The van der Waals surface area contributed by atoms with E-state index in [1.54, 1.807) is 23.9 Å². The van der Waals surface area contributed by atoms with Crippen molar-refractivity contribution in [1.82, 2.24) is 9.88 Å². The van der Waals surface area contributed by atoms with Gasteiger partial charge in [-0.1, -0.05) is 98.3 Å². The predicted octanol–water partition coefficient (Wildman–Crippen LogP) is 7.36. The van der Waals surface area contributed by atoms with Gasteiger partial charge in [-0.2, -0.15) is 0 Å². The molecule has 6 nitrogen and oxygen atoms in total. The molecular weight excluding hydrogens is 628 g/mol. The number of hydrogen-bond donors (Lipinski definition) is 1. The summed E-state index contributed by atoms with van der Waals surface area (Å²) in [5.41, 5.74) is 3.60. The third-order valence-corrected chi connectivity index (χ3v) is 9.39. The fourth-order valence-corrected chi connectivity index (χ4v) is 6.73. The van der Waals surface area contributed by atoms with Crippen LogP contribution in [0.25, 0.3) is 21.8 Å². The molecule has 44 heavy (non-hydrogen) atoms. The third kappa shape index (κ3) is 9.64. The minimum Gasteiger partial charge on any atom is -0.662 e. The van der Waals surface area contributed by atoms with E-state index in [1.165, 1.54) is 50.6 Å². The smallest absolute Gasteiger partial charge is 0.250 e. The average Bonchev–Trinajstić information content (AvgIpc) is 3.49. The summed E-state index contributed by atoms with van der Waals surface area (Å²) in [7, 11) is 1.75. The maximum absolute atomic E-state index is 13.1. The van der Waals surface area contributed by atoms with E-state index in [9.17, 15) is 9.18 Å². The molecule has 3 saturated heterocycles. The molecule has 2 aromatic carbocycles. The maximum atomic E-state index is 13.1. The van der Waals surface area contributed by atoms with E-state index in [-0.39, 0.29) is 51.0 Å². The third-order valence-electron chi connectivity index (χ3n) is 9.39. The first-order valence-corrected chi connectivity index (χ1v) is 16.0. The summed E-state index contributed by atoms with van der Waals surface area (Å²) >= 11 is 0. The maximum Gasteiger partial charge on any atom is 0.250 e. The number of hydrogen-bond acceptors (Lipinski definition) is 3. The van der Waals surface area contributed by atoms with E-state index in [0.717, 1.165) is 37.1 Å². The molecule has 3 aromatic rings. The Morgan fingerprint density at radius 2 is 1.61 bits per heavy atom. The molecule has 1 spiro atoms. The Hall–Kier alpha value is -1.74. The van der Waals surface area contributed by atoms with Crippen LogP contribution in [0.15, 0.2) is 83.8 Å². The molecule has 2 unspecified atom stereocenters. The molecule has 0 bridgehead atoms. The molecule has 0 amide bonds. The molecule has 1 N–H and O–H groups in total. The summed E-state index contributed by atoms with van der Waals surface area (Å²) in [6.45, 7) is 3.81. The van der Waals surface area contributed by atoms with Gasteiger partial charge >= 0.3 is 0 Å². The average molecular weight is 676 g/mol. The number of nitrogens with one attached hydrogen (secondary N) is 1. The van der Waals surface area contributed by atoms with Crippen molar-refractivity contribution >= 4 is 0 Å². The van der Waals surface area contributed by atoms with E-state index in [4.69, 9.17) is 4.74 Å². The standard InChI is InChI=1S/C15H20FN2O.C12H11NO.C9H16N.Y/c16-9-15(10-19-11-15)18-13-6-7-17-14(8-13)12-4-2-1-3-5-12;1-13-8-7-11(9-12(13)14)10-5-3-2-4-6-10;1-2-5-9(4-1)6-3-7-10-8-9;/h1-5,13-14,18H,6-11H2;2-9H,1H3;1-8H2;/q-1;;-1;. The van der Waals surface area contributed by atoms with Crippen molar-refractivity contribution in [2.24, 2.45) is 12.5 Å². The Bertz CT molecular complexity index is 1300. The van der Waals surface area contributed by atoms with Gasteiger partial charge in [0.25, 0.3) is 5.56 Å². The Balaban J connectivity index is 0.000000156. The molecule has 1 aliphatic carbocycles. The van der Waals surface area contributed by atoms with Crippen LogP contribution in [0.1, 0.15) is 63.0 Å². The van der Waals surface area contributed by atoms with Crippen LogP contribution in [-0.2, 0) is 44.5 Å². The minimum atomic E-state index is -0.427. The van der Waals surface area contributed by atoms with Gasteiger partial charge in [-0.15, -0.1) is 25.7 Å². The van der Waals surface area contributed by atoms with Gasteiger partial charge in [0.15, 0.2) is 0 Å². The van der Waals surface area contributed by atoms with Crippen molar-refractivity contribution in [2.75, 3.05) is 39.5 Å². The Morgan fingerprint density at radius 1 is 0.932 bits per heavy atom.